The van der Waals surface area contributed by atoms with Gasteiger partial charge >= 0.3 is 16.2 Å². The first-order chi connectivity index (χ1) is 21.6. The van der Waals surface area contributed by atoms with Crippen LogP contribution in [0.4, 0.5) is 10.5 Å². The first-order valence-electron chi connectivity index (χ1n) is 18.6. The second-order valence-electron chi connectivity index (χ2n) is 13.6. The Morgan fingerprint density at radius 2 is 0.978 bits per heavy atom. The maximum atomic E-state index is 13.1. The smallest absolute Gasteiger partial charge is 0.307 e. The van der Waals surface area contributed by atoms with E-state index in [4.69, 9.17) is 0 Å². The Hall–Kier alpha value is -1.64. The third kappa shape index (κ3) is 20.3. The lowest BCUT2D eigenvalue weighted by molar-refractivity contribution is 0.226. The molecule has 0 radical (unpaired) electrons. The summed E-state index contributed by atoms with van der Waals surface area (Å²) < 4.78 is 28.5. The summed E-state index contributed by atoms with van der Waals surface area (Å²) in [7, 11) is -4.08. The predicted molar refractivity (Wildman–Crippen MR) is 194 cm³/mol. The van der Waals surface area contributed by atoms with Crippen LogP contribution in [-0.2, 0) is 10.2 Å². The number of carbonyl (C=O) groups is 1. The van der Waals surface area contributed by atoms with E-state index in [0.717, 1.165) is 36.8 Å². The maximum absolute atomic E-state index is 13.1. The van der Waals surface area contributed by atoms with Crippen molar-refractivity contribution in [2.24, 2.45) is 0 Å². The van der Waals surface area contributed by atoms with Crippen LogP contribution >= 0.6 is 0 Å². The van der Waals surface area contributed by atoms with Crippen molar-refractivity contribution in [3.8, 4) is 0 Å². The molecule has 0 aliphatic heterocycles. The highest BCUT2D eigenvalue weighted by molar-refractivity contribution is 7.88. The number of nitrogens with one attached hydrogen (secondary N) is 3. The molecule has 2 amide bonds. The Morgan fingerprint density at radius 3 is 1.33 bits per heavy atom. The summed E-state index contributed by atoms with van der Waals surface area (Å²) in [5, 5.41) is 4.66. The molecule has 1 rings (SSSR count). The van der Waals surface area contributed by atoms with E-state index in [0.29, 0.717) is 18.8 Å². The molecule has 0 saturated heterocycles. The van der Waals surface area contributed by atoms with Crippen LogP contribution in [0.25, 0.3) is 0 Å². The highest BCUT2D eigenvalue weighted by Crippen LogP contribution is 2.32. The number of nitrogens with zero attached hydrogens (tertiary/aromatic N) is 1. The van der Waals surface area contributed by atoms with E-state index < -0.39 is 16.2 Å². The van der Waals surface area contributed by atoms with Crippen molar-refractivity contribution in [2.75, 3.05) is 18.4 Å². The summed E-state index contributed by atoms with van der Waals surface area (Å²) in [6, 6.07) is 5.22. The van der Waals surface area contributed by atoms with Gasteiger partial charge in [-0.25, -0.2) is 14.5 Å². The summed E-state index contributed by atoms with van der Waals surface area (Å²) in [5.74, 6) is 0.373. The third-order valence-electron chi connectivity index (χ3n) is 8.65. The van der Waals surface area contributed by atoms with E-state index >= 15 is 0 Å². The number of amides is 2. The number of hydrogen-bond donors (Lipinski definition) is 3. The van der Waals surface area contributed by atoms with Crippen LogP contribution in [-0.4, -0.2) is 32.5 Å². The zero-order chi connectivity index (χ0) is 33.3. The van der Waals surface area contributed by atoms with Gasteiger partial charge in [-0.1, -0.05) is 175 Å². The molecule has 0 aliphatic carbocycles. The molecule has 1 aromatic rings. The quantitative estimate of drug-likeness (QED) is 0.0622. The van der Waals surface area contributed by atoms with Gasteiger partial charge in [-0.2, -0.15) is 8.42 Å². The minimum Gasteiger partial charge on any atom is -0.307 e. The number of carbonyl (C=O) groups excluding carboxylic acids is 1. The number of urea groups is 1. The molecule has 0 aromatic heterocycles. The number of rotatable bonds is 28. The van der Waals surface area contributed by atoms with Gasteiger partial charge in [0.15, 0.2) is 0 Å². The second kappa shape index (κ2) is 25.4. The lowest BCUT2D eigenvalue weighted by Crippen LogP contribution is -2.50. The van der Waals surface area contributed by atoms with E-state index in [1.54, 1.807) is 5.01 Å². The summed E-state index contributed by atoms with van der Waals surface area (Å²) in [6.07, 6.45) is 24.7. The molecule has 0 unspecified atom stereocenters. The normalized spacial score (nSPS) is 12.0. The van der Waals surface area contributed by atoms with Crippen molar-refractivity contribution in [2.45, 2.75) is 182 Å². The monoisotopic (exact) mass is 651 g/mol. The standard InChI is InChI=1S/C37H70N4O3S/c1-7-9-11-13-15-17-19-21-23-25-30-41(31-26-24-22-20-18-16-14-12-10-8-2)40-45(43,44)39-37(42)38-36-34(32(3)4)28-27-29-35(36)33(5)6/h27-29,32-33,40H,7-26,30-31H2,1-6H3,(H2,38,39,42). The van der Waals surface area contributed by atoms with E-state index in [-0.39, 0.29) is 11.8 Å². The van der Waals surface area contributed by atoms with E-state index in [1.165, 1.54) is 103 Å². The van der Waals surface area contributed by atoms with Crippen LogP contribution in [0.15, 0.2) is 18.2 Å². The van der Waals surface area contributed by atoms with Gasteiger partial charge < -0.3 is 5.32 Å². The maximum Gasteiger partial charge on any atom is 0.333 e. The molecule has 3 N–H and O–H groups in total. The first kappa shape index (κ1) is 41.4. The predicted octanol–water partition coefficient (Wildman–Crippen LogP) is 10.9. The number of benzene rings is 1. The fourth-order valence-electron chi connectivity index (χ4n) is 5.93. The van der Waals surface area contributed by atoms with Crippen molar-refractivity contribution in [3.63, 3.8) is 0 Å². The molecule has 262 valence electrons. The van der Waals surface area contributed by atoms with Crippen LogP contribution in [0.2, 0.25) is 0 Å². The van der Waals surface area contributed by atoms with Crippen LogP contribution in [0.5, 0.6) is 0 Å². The lowest BCUT2D eigenvalue weighted by atomic mass is 9.93. The molecule has 0 saturated carbocycles. The van der Waals surface area contributed by atoms with Gasteiger partial charge in [0.1, 0.15) is 0 Å². The molecule has 0 bridgehead atoms. The van der Waals surface area contributed by atoms with Gasteiger partial charge in [-0.15, -0.1) is 4.83 Å². The molecular weight excluding hydrogens is 580 g/mol. The number of hydrazine groups is 1. The molecular formula is C37H70N4O3S. The van der Waals surface area contributed by atoms with Crippen LogP contribution in [0.3, 0.4) is 0 Å². The zero-order valence-electron chi connectivity index (χ0n) is 30.0. The molecule has 0 heterocycles. The average molecular weight is 651 g/mol. The van der Waals surface area contributed by atoms with E-state index in [1.807, 2.05) is 18.2 Å². The molecule has 8 heteroatoms. The fraction of sp³-hybridized carbons (Fsp3) is 0.811. The first-order valence-corrected chi connectivity index (χ1v) is 20.1. The Kier molecular flexibility index (Phi) is 23.4. The van der Waals surface area contributed by atoms with E-state index in [2.05, 4.69) is 56.4 Å². The minimum atomic E-state index is -4.08. The van der Waals surface area contributed by atoms with Crippen molar-refractivity contribution in [3.05, 3.63) is 29.3 Å². The van der Waals surface area contributed by atoms with Crippen LogP contribution in [0, 0.1) is 0 Å². The van der Waals surface area contributed by atoms with Gasteiger partial charge in [0.25, 0.3) is 0 Å². The molecule has 1 aromatic carbocycles. The molecule has 0 aliphatic rings. The highest BCUT2D eigenvalue weighted by atomic mass is 32.2. The molecule has 7 nitrogen and oxygen atoms in total. The summed E-state index contributed by atoms with van der Waals surface area (Å²) in [4.78, 5) is 15.7. The van der Waals surface area contributed by atoms with Gasteiger partial charge in [-0.05, 0) is 35.8 Å². The SMILES string of the molecule is CCCCCCCCCCCCN(CCCCCCCCCCCC)NS(=O)(=O)NC(=O)Nc1c(C(C)C)cccc1C(C)C. The Balaban J connectivity index is 2.65. The largest absolute Gasteiger partial charge is 0.333 e. The Bertz CT molecular complexity index is 947. The van der Waals surface area contributed by atoms with Gasteiger partial charge in [0.2, 0.25) is 0 Å². The van der Waals surface area contributed by atoms with Crippen LogP contribution < -0.4 is 14.9 Å². The molecule has 0 atom stereocenters. The summed E-state index contributed by atoms with van der Waals surface area (Å²) >= 11 is 0. The van der Waals surface area contributed by atoms with Crippen molar-refractivity contribution in [1.29, 1.82) is 0 Å². The number of para-hydroxylation sites is 1. The van der Waals surface area contributed by atoms with Gasteiger partial charge in [0, 0.05) is 18.8 Å². The summed E-state index contributed by atoms with van der Waals surface area (Å²) in [6.45, 7) is 14.1. The van der Waals surface area contributed by atoms with Crippen LogP contribution in [0.1, 0.15) is 193 Å². The molecule has 0 spiro atoms. The minimum absolute atomic E-state index is 0.186. The Morgan fingerprint density at radius 1 is 0.622 bits per heavy atom. The zero-order valence-corrected chi connectivity index (χ0v) is 30.8. The topological polar surface area (TPSA) is 90.5 Å². The number of unbranched alkanes of at least 4 members (excludes halogenated alkanes) is 18. The highest BCUT2D eigenvalue weighted by Gasteiger charge is 2.21. The van der Waals surface area contributed by atoms with Gasteiger partial charge in [0.05, 0.1) is 0 Å². The third-order valence-corrected chi connectivity index (χ3v) is 9.60. The van der Waals surface area contributed by atoms with Crippen molar-refractivity contribution < 1.29 is 13.2 Å². The number of anilines is 1. The summed E-state index contributed by atoms with van der Waals surface area (Å²) in [5.41, 5.74) is 2.68. The molecule has 45 heavy (non-hydrogen) atoms. The number of hydrogen-bond acceptors (Lipinski definition) is 4. The van der Waals surface area contributed by atoms with Crippen molar-refractivity contribution in [1.82, 2.24) is 14.6 Å². The van der Waals surface area contributed by atoms with E-state index in [9.17, 15) is 13.2 Å². The molecule has 0 fully saturated rings. The second-order valence-corrected chi connectivity index (χ2v) is 15.0. The Labute approximate surface area is 278 Å². The fourth-order valence-corrected chi connectivity index (χ4v) is 6.80. The lowest BCUT2D eigenvalue weighted by Gasteiger charge is -2.24. The average Bonchev–Trinajstić information content (AvgIpc) is 2.98. The van der Waals surface area contributed by atoms with Crippen molar-refractivity contribution >= 4 is 21.9 Å². The van der Waals surface area contributed by atoms with Gasteiger partial charge in [-0.3, -0.25) is 0 Å².